The van der Waals surface area contributed by atoms with Crippen molar-refractivity contribution in [3.8, 4) is 5.75 Å². The molecule has 0 unspecified atom stereocenters. The minimum atomic E-state index is 0. The third-order valence-corrected chi connectivity index (χ3v) is 4.43. The summed E-state index contributed by atoms with van der Waals surface area (Å²) in [5.41, 5.74) is 0.567. The van der Waals surface area contributed by atoms with Gasteiger partial charge < -0.3 is 10.1 Å². The van der Waals surface area contributed by atoms with Crippen LogP contribution in [0.2, 0.25) is 5.02 Å². The Morgan fingerprint density at radius 1 is 1.17 bits per heavy atom. The van der Waals surface area contributed by atoms with Gasteiger partial charge in [0.1, 0.15) is 5.75 Å². The topological polar surface area (TPSA) is 21.3 Å². The predicted molar refractivity (Wildman–Crippen MR) is 76.9 cm³/mol. The van der Waals surface area contributed by atoms with Crippen LogP contribution < -0.4 is 10.1 Å². The van der Waals surface area contributed by atoms with Crippen molar-refractivity contribution in [2.75, 3.05) is 13.1 Å². The van der Waals surface area contributed by atoms with Crippen LogP contribution in [0.15, 0.2) is 24.3 Å². The molecule has 0 bridgehead atoms. The first-order valence-corrected chi connectivity index (χ1v) is 6.77. The maximum absolute atomic E-state index is 6.09. The van der Waals surface area contributed by atoms with Gasteiger partial charge in [0.15, 0.2) is 0 Å². The van der Waals surface area contributed by atoms with E-state index >= 15 is 0 Å². The first-order valence-electron chi connectivity index (χ1n) is 6.39. The molecule has 1 aromatic rings. The van der Waals surface area contributed by atoms with Crippen LogP contribution in [0.5, 0.6) is 5.75 Å². The lowest BCUT2D eigenvalue weighted by Gasteiger charge is -2.49. The Kier molecular flexibility index (Phi) is 4.41. The van der Waals surface area contributed by atoms with E-state index < -0.39 is 0 Å². The molecule has 2 fully saturated rings. The van der Waals surface area contributed by atoms with Crippen LogP contribution in [0.1, 0.15) is 25.7 Å². The summed E-state index contributed by atoms with van der Waals surface area (Å²) in [5, 5.41) is 4.14. The molecule has 1 saturated carbocycles. The monoisotopic (exact) mass is 287 g/mol. The quantitative estimate of drug-likeness (QED) is 0.896. The van der Waals surface area contributed by atoms with Crippen molar-refractivity contribution in [3.63, 3.8) is 0 Å². The van der Waals surface area contributed by atoms with Crippen LogP contribution in [0, 0.1) is 5.41 Å². The van der Waals surface area contributed by atoms with Gasteiger partial charge in [-0.05, 0) is 56.3 Å². The Bertz CT molecular complexity index is 397. The van der Waals surface area contributed by atoms with Crippen molar-refractivity contribution in [2.45, 2.75) is 31.8 Å². The molecule has 1 spiro atoms. The number of ether oxygens (including phenoxy) is 1. The third kappa shape index (κ3) is 2.76. The summed E-state index contributed by atoms with van der Waals surface area (Å²) in [5.74, 6) is 0.836. The molecular formula is C14H19Cl2NO. The fraction of sp³-hybridized carbons (Fsp3) is 0.571. The smallest absolute Gasteiger partial charge is 0.138 e. The van der Waals surface area contributed by atoms with Crippen LogP contribution in [-0.4, -0.2) is 19.2 Å². The third-order valence-electron chi connectivity index (χ3n) is 4.12. The van der Waals surface area contributed by atoms with Crippen LogP contribution in [0.3, 0.4) is 0 Å². The van der Waals surface area contributed by atoms with Gasteiger partial charge in [-0.2, -0.15) is 0 Å². The van der Waals surface area contributed by atoms with Gasteiger partial charge in [0.05, 0.1) is 11.1 Å². The summed E-state index contributed by atoms with van der Waals surface area (Å²) in [6, 6.07) is 7.75. The molecule has 1 aliphatic carbocycles. The number of benzene rings is 1. The van der Waals surface area contributed by atoms with Crippen molar-refractivity contribution >= 4 is 24.0 Å². The second-order valence-corrected chi connectivity index (χ2v) is 5.74. The minimum Gasteiger partial charge on any atom is -0.489 e. The van der Waals surface area contributed by atoms with Crippen LogP contribution >= 0.6 is 24.0 Å². The Morgan fingerprint density at radius 3 is 2.50 bits per heavy atom. The highest BCUT2D eigenvalue weighted by molar-refractivity contribution is 6.32. The molecule has 100 valence electrons. The van der Waals surface area contributed by atoms with Crippen molar-refractivity contribution in [2.24, 2.45) is 5.41 Å². The number of para-hydroxylation sites is 1. The van der Waals surface area contributed by atoms with Crippen molar-refractivity contribution < 1.29 is 4.74 Å². The molecule has 2 nitrogen and oxygen atoms in total. The second-order valence-electron chi connectivity index (χ2n) is 5.33. The van der Waals surface area contributed by atoms with Gasteiger partial charge in [0.25, 0.3) is 0 Å². The number of rotatable bonds is 2. The molecule has 0 aromatic heterocycles. The van der Waals surface area contributed by atoms with E-state index in [1.165, 1.54) is 38.8 Å². The largest absolute Gasteiger partial charge is 0.489 e. The number of nitrogens with one attached hydrogen (secondary N) is 1. The molecule has 0 radical (unpaired) electrons. The number of piperidine rings is 1. The molecule has 1 saturated heterocycles. The Hall–Kier alpha value is -0.440. The van der Waals surface area contributed by atoms with E-state index in [-0.39, 0.29) is 12.4 Å². The lowest BCUT2D eigenvalue weighted by atomic mass is 9.62. The van der Waals surface area contributed by atoms with E-state index in [1.54, 1.807) is 0 Å². The van der Waals surface area contributed by atoms with Gasteiger partial charge >= 0.3 is 0 Å². The molecule has 1 N–H and O–H groups in total. The van der Waals surface area contributed by atoms with E-state index in [2.05, 4.69) is 5.32 Å². The highest BCUT2D eigenvalue weighted by Crippen LogP contribution is 2.49. The Morgan fingerprint density at radius 2 is 1.83 bits per heavy atom. The predicted octanol–water partition coefficient (Wildman–Crippen LogP) is 3.67. The molecule has 0 atom stereocenters. The average Bonchev–Trinajstić information content (AvgIpc) is 2.31. The summed E-state index contributed by atoms with van der Waals surface area (Å²) in [6.07, 6.45) is 5.36. The fourth-order valence-electron chi connectivity index (χ4n) is 3.07. The van der Waals surface area contributed by atoms with Crippen LogP contribution in [0.4, 0.5) is 0 Å². The summed E-state index contributed by atoms with van der Waals surface area (Å²) in [6.45, 7) is 2.33. The molecule has 1 aromatic carbocycles. The van der Waals surface area contributed by atoms with Gasteiger partial charge in [-0.25, -0.2) is 0 Å². The molecule has 0 amide bonds. The second kappa shape index (κ2) is 5.68. The van der Waals surface area contributed by atoms with E-state index in [4.69, 9.17) is 16.3 Å². The zero-order chi connectivity index (χ0) is 11.7. The summed E-state index contributed by atoms with van der Waals surface area (Å²) in [7, 11) is 0. The minimum absolute atomic E-state index is 0. The first-order chi connectivity index (χ1) is 8.27. The van der Waals surface area contributed by atoms with E-state index in [0.717, 1.165) is 10.8 Å². The highest BCUT2D eigenvalue weighted by Gasteiger charge is 2.45. The SMILES string of the molecule is Cl.Clc1ccccc1OC1CC2(CCNCC2)C1. The Balaban J connectivity index is 0.00000120. The molecule has 3 rings (SSSR count). The average molecular weight is 288 g/mol. The highest BCUT2D eigenvalue weighted by atomic mass is 35.5. The standard InChI is InChI=1S/C14H18ClNO.ClH/c15-12-3-1-2-4-13(12)17-11-9-14(10-11)5-7-16-8-6-14;/h1-4,11,16H,5-10H2;1H. The van der Waals surface area contributed by atoms with Gasteiger partial charge in [-0.1, -0.05) is 23.7 Å². The van der Waals surface area contributed by atoms with Crippen molar-refractivity contribution in [1.82, 2.24) is 5.32 Å². The van der Waals surface area contributed by atoms with Gasteiger partial charge in [-0.15, -0.1) is 12.4 Å². The lowest BCUT2D eigenvalue weighted by molar-refractivity contribution is -0.0347. The first kappa shape index (κ1) is 14.0. The van der Waals surface area contributed by atoms with Gasteiger partial charge in [0, 0.05) is 0 Å². The molecule has 18 heavy (non-hydrogen) atoms. The summed E-state index contributed by atoms with van der Waals surface area (Å²) in [4.78, 5) is 0. The normalized spacial score (nSPS) is 22.1. The van der Waals surface area contributed by atoms with Crippen molar-refractivity contribution in [3.05, 3.63) is 29.3 Å². The zero-order valence-corrected chi connectivity index (χ0v) is 11.9. The number of halogens is 2. The van der Waals surface area contributed by atoms with E-state index in [0.29, 0.717) is 11.5 Å². The summed E-state index contributed by atoms with van der Waals surface area (Å²) < 4.78 is 5.96. The zero-order valence-electron chi connectivity index (χ0n) is 10.3. The lowest BCUT2D eigenvalue weighted by Crippen LogP contribution is -2.49. The molecule has 1 heterocycles. The van der Waals surface area contributed by atoms with Gasteiger partial charge in [-0.3, -0.25) is 0 Å². The maximum atomic E-state index is 6.09. The fourth-order valence-corrected chi connectivity index (χ4v) is 3.25. The molecule has 2 aliphatic rings. The van der Waals surface area contributed by atoms with E-state index in [9.17, 15) is 0 Å². The summed E-state index contributed by atoms with van der Waals surface area (Å²) >= 11 is 6.09. The Labute approximate surface area is 119 Å². The maximum Gasteiger partial charge on any atom is 0.138 e. The number of hydrogen-bond acceptors (Lipinski definition) is 2. The molecular weight excluding hydrogens is 269 g/mol. The van der Waals surface area contributed by atoms with Crippen LogP contribution in [0.25, 0.3) is 0 Å². The van der Waals surface area contributed by atoms with Gasteiger partial charge in [0.2, 0.25) is 0 Å². The van der Waals surface area contributed by atoms with Crippen LogP contribution in [-0.2, 0) is 0 Å². The number of hydrogen-bond donors (Lipinski definition) is 1. The van der Waals surface area contributed by atoms with E-state index in [1.807, 2.05) is 24.3 Å². The molecule has 4 heteroatoms. The van der Waals surface area contributed by atoms with Crippen molar-refractivity contribution in [1.29, 1.82) is 0 Å². The molecule has 1 aliphatic heterocycles.